The maximum atomic E-state index is 4.50. The fourth-order valence-corrected chi connectivity index (χ4v) is 3.86. The van der Waals surface area contributed by atoms with Crippen LogP contribution in [0, 0.1) is 5.41 Å². The van der Waals surface area contributed by atoms with E-state index in [2.05, 4.69) is 142 Å². The smallest absolute Gasteiger partial charge is 0.0456 e. The van der Waals surface area contributed by atoms with E-state index in [9.17, 15) is 0 Å². The van der Waals surface area contributed by atoms with Crippen molar-refractivity contribution in [2.75, 3.05) is 7.05 Å². The second kappa shape index (κ2) is 21.2. The lowest BCUT2D eigenvalue weighted by molar-refractivity contribution is 0.515. The minimum atomic E-state index is 0.152. The lowest BCUT2D eigenvalue weighted by atomic mass is 9.85. The molecule has 0 atom stereocenters. The Hall–Kier alpha value is -3.62. The zero-order valence-corrected chi connectivity index (χ0v) is 26.6. The summed E-state index contributed by atoms with van der Waals surface area (Å²) in [5, 5.41) is 0. The van der Waals surface area contributed by atoms with Gasteiger partial charge in [0, 0.05) is 11.4 Å². The monoisotopic (exact) mass is 538 g/mol. The quantitative estimate of drug-likeness (QED) is 0.235. The van der Waals surface area contributed by atoms with Gasteiger partial charge in [-0.25, -0.2) is 0 Å². The first-order valence-corrected chi connectivity index (χ1v) is 14.7. The van der Waals surface area contributed by atoms with E-state index in [0.29, 0.717) is 0 Å². The van der Waals surface area contributed by atoms with E-state index in [1.807, 2.05) is 39.8 Å². The summed E-state index contributed by atoms with van der Waals surface area (Å²) < 4.78 is 0. The average Bonchev–Trinajstić information content (AvgIpc) is 3.51. The van der Waals surface area contributed by atoms with Crippen LogP contribution in [0.4, 0.5) is 0 Å². The molecule has 4 rings (SSSR count). The number of rotatable bonds is 6. The number of H-pyrrole nitrogens is 1. The number of aromatic nitrogens is 1. The van der Waals surface area contributed by atoms with Crippen LogP contribution >= 0.6 is 0 Å². The normalized spacial score (nSPS) is 10.2. The number of nitrogens with one attached hydrogen (secondary N) is 1. The van der Waals surface area contributed by atoms with Gasteiger partial charge in [0.15, 0.2) is 0 Å². The summed E-state index contributed by atoms with van der Waals surface area (Å²) >= 11 is 0. The molecule has 0 aliphatic carbocycles. The van der Waals surface area contributed by atoms with Crippen LogP contribution in [0.1, 0.15) is 66.6 Å². The topological polar surface area (TPSA) is 41.8 Å². The van der Waals surface area contributed by atoms with Gasteiger partial charge in [-0.05, 0) is 65.3 Å². The molecule has 1 heterocycles. The lowest BCUT2D eigenvalue weighted by Crippen LogP contribution is -2.07. The summed E-state index contributed by atoms with van der Waals surface area (Å²) in [7, 11) is 1.50. The van der Waals surface area contributed by atoms with Crippen molar-refractivity contribution in [2.24, 2.45) is 11.1 Å². The van der Waals surface area contributed by atoms with Gasteiger partial charge >= 0.3 is 0 Å². The Morgan fingerprint density at radius 1 is 0.725 bits per heavy atom. The second-order valence-electron chi connectivity index (χ2n) is 9.50. The van der Waals surface area contributed by atoms with Gasteiger partial charge in [0.05, 0.1) is 0 Å². The molecule has 3 aromatic carbocycles. The van der Waals surface area contributed by atoms with Gasteiger partial charge in [0.25, 0.3) is 0 Å². The van der Waals surface area contributed by atoms with E-state index < -0.39 is 0 Å². The molecule has 0 amide bonds. The zero-order valence-electron chi connectivity index (χ0n) is 26.6. The van der Waals surface area contributed by atoms with Gasteiger partial charge in [-0.3, -0.25) is 0 Å². The highest BCUT2D eigenvalue weighted by Crippen LogP contribution is 2.27. The van der Waals surface area contributed by atoms with Crippen molar-refractivity contribution in [3.63, 3.8) is 0 Å². The molecule has 0 unspecified atom stereocenters. The Kier molecular flexibility index (Phi) is 19.3. The maximum absolute atomic E-state index is 4.50. The molecule has 0 aliphatic rings. The Bertz CT molecular complexity index is 1190. The fraction of sp³-hybridized carbons (Fsp3) is 0.316. The van der Waals surface area contributed by atoms with Gasteiger partial charge in [0.1, 0.15) is 0 Å². The standard InChI is InChI=1S/C21H24.C12H13N.2C2H6.CH5N/c1-5-20(21(2,3)4)15-14-17-10-9-13-19(16-17)18-11-7-6-8-12-18;1-2-11-8-9-12(13-11)10-6-4-3-5-7-10;3*1-2/h5-13,15-16H,1,14H2,2-4H3;3-9,13H,2H2,1H3;2*1-2H3;2H2,1H3/b20-15+;;;;. The molecule has 2 heteroatoms. The first-order chi connectivity index (χ1) is 19.4. The van der Waals surface area contributed by atoms with Crippen molar-refractivity contribution in [1.82, 2.24) is 4.98 Å². The number of benzene rings is 3. The molecule has 4 aromatic rings. The van der Waals surface area contributed by atoms with E-state index in [1.165, 1.54) is 46.3 Å². The van der Waals surface area contributed by atoms with Crippen molar-refractivity contribution in [3.05, 3.63) is 133 Å². The minimum absolute atomic E-state index is 0.152. The molecule has 0 spiro atoms. The third-order valence-electron chi connectivity index (χ3n) is 5.89. The van der Waals surface area contributed by atoms with Crippen LogP contribution in [0.5, 0.6) is 0 Å². The summed E-state index contributed by atoms with van der Waals surface area (Å²) in [6, 6.07) is 33.9. The summed E-state index contributed by atoms with van der Waals surface area (Å²) in [4.78, 5) is 3.38. The number of nitrogens with two attached hydrogens (primary N) is 1. The van der Waals surface area contributed by atoms with E-state index >= 15 is 0 Å². The molecule has 3 N–H and O–H groups in total. The predicted molar refractivity (Wildman–Crippen MR) is 182 cm³/mol. The number of hydrogen-bond donors (Lipinski definition) is 2. The molecular formula is C38H54N2. The third-order valence-corrected chi connectivity index (χ3v) is 5.89. The first-order valence-electron chi connectivity index (χ1n) is 14.7. The number of hydrogen-bond acceptors (Lipinski definition) is 1. The van der Waals surface area contributed by atoms with Crippen molar-refractivity contribution >= 4 is 0 Å². The van der Waals surface area contributed by atoms with Crippen LogP contribution in [0.2, 0.25) is 0 Å². The molecule has 0 saturated carbocycles. The van der Waals surface area contributed by atoms with Gasteiger partial charge in [0.2, 0.25) is 0 Å². The van der Waals surface area contributed by atoms with E-state index in [1.54, 1.807) is 0 Å². The Labute approximate surface area is 246 Å². The molecule has 1 aromatic heterocycles. The molecule has 216 valence electrons. The Morgan fingerprint density at radius 2 is 1.25 bits per heavy atom. The molecule has 0 saturated heterocycles. The van der Waals surface area contributed by atoms with Gasteiger partial charge in [-0.1, -0.05) is 159 Å². The lowest BCUT2D eigenvalue weighted by Gasteiger charge is -2.20. The van der Waals surface area contributed by atoms with Crippen molar-refractivity contribution in [3.8, 4) is 22.4 Å². The molecule has 2 nitrogen and oxygen atoms in total. The highest BCUT2D eigenvalue weighted by Gasteiger charge is 2.13. The average molecular weight is 539 g/mol. The minimum Gasteiger partial charge on any atom is -0.358 e. The molecular weight excluding hydrogens is 484 g/mol. The Morgan fingerprint density at radius 3 is 1.73 bits per heavy atom. The summed E-state index contributed by atoms with van der Waals surface area (Å²) in [5.41, 5.74) is 13.6. The second-order valence-corrected chi connectivity index (χ2v) is 9.50. The van der Waals surface area contributed by atoms with Gasteiger partial charge in [-0.2, -0.15) is 0 Å². The fourth-order valence-electron chi connectivity index (χ4n) is 3.86. The molecule has 0 aliphatic heterocycles. The van der Waals surface area contributed by atoms with Crippen LogP contribution in [0.15, 0.2) is 121 Å². The van der Waals surface area contributed by atoms with E-state index in [4.69, 9.17) is 0 Å². The number of aryl methyl sites for hydroxylation is 1. The summed E-state index contributed by atoms with van der Waals surface area (Å²) in [6.45, 7) is 20.8. The highest BCUT2D eigenvalue weighted by atomic mass is 14.7. The highest BCUT2D eigenvalue weighted by molar-refractivity contribution is 5.64. The number of aromatic amines is 1. The van der Waals surface area contributed by atoms with Crippen LogP contribution in [0.3, 0.4) is 0 Å². The van der Waals surface area contributed by atoms with Crippen molar-refractivity contribution < 1.29 is 0 Å². The van der Waals surface area contributed by atoms with Gasteiger partial charge in [-0.15, -0.1) is 0 Å². The Balaban J connectivity index is 0.000000685. The molecule has 0 bridgehead atoms. The van der Waals surface area contributed by atoms with Crippen LogP contribution < -0.4 is 5.73 Å². The molecule has 0 radical (unpaired) electrons. The van der Waals surface area contributed by atoms with Gasteiger partial charge < -0.3 is 10.7 Å². The van der Waals surface area contributed by atoms with Crippen molar-refractivity contribution in [2.45, 2.75) is 68.2 Å². The summed E-state index contributed by atoms with van der Waals surface area (Å²) in [5.74, 6) is 0. The SMILES string of the molecule is C=C/C(=C\Cc1cccc(-c2ccccc2)c1)C(C)(C)C.CC.CC.CCc1ccc(-c2ccccc2)[nH]1.CN. The molecule has 40 heavy (non-hydrogen) atoms. The summed E-state index contributed by atoms with van der Waals surface area (Å²) in [6.07, 6.45) is 6.27. The largest absolute Gasteiger partial charge is 0.358 e. The van der Waals surface area contributed by atoms with Crippen LogP contribution in [0.25, 0.3) is 22.4 Å². The van der Waals surface area contributed by atoms with Crippen molar-refractivity contribution in [1.29, 1.82) is 0 Å². The third kappa shape index (κ3) is 13.0. The van der Waals surface area contributed by atoms with E-state index in [0.717, 1.165) is 12.8 Å². The predicted octanol–water partition coefficient (Wildman–Crippen LogP) is 10.9. The number of allylic oxidation sites excluding steroid dienone is 3. The zero-order chi connectivity index (χ0) is 30.4. The van der Waals surface area contributed by atoms with Crippen LogP contribution in [-0.2, 0) is 12.8 Å². The first kappa shape index (κ1) is 36.4. The maximum Gasteiger partial charge on any atom is 0.0456 e. The van der Waals surface area contributed by atoms with Crippen LogP contribution in [-0.4, -0.2) is 12.0 Å². The van der Waals surface area contributed by atoms with E-state index in [-0.39, 0.29) is 5.41 Å². The molecule has 0 fully saturated rings.